The number of aryl methyl sites for hydroxylation is 1. The van der Waals surface area contributed by atoms with Gasteiger partial charge in [-0.2, -0.15) is 5.10 Å². The molecular formula is C9H11ClN2O. The van der Waals surface area contributed by atoms with Crippen molar-refractivity contribution in [3.05, 3.63) is 28.8 Å². The Morgan fingerprint density at radius 2 is 2.31 bits per heavy atom. The van der Waals surface area contributed by atoms with Crippen LogP contribution in [0.5, 0.6) is 5.75 Å². The van der Waals surface area contributed by atoms with Gasteiger partial charge < -0.3 is 10.9 Å². The van der Waals surface area contributed by atoms with Crippen LogP contribution in [0.15, 0.2) is 17.2 Å². The molecule has 0 bridgehead atoms. The quantitative estimate of drug-likeness (QED) is 0.329. The summed E-state index contributed by atoms with van der Waals surface area (Å²) in [7, 11) is 0. The number of aromatic hydroxyl groups is 1. The van der Waals surface area contributed by atoms with Crippen LogP contribution in [0.1, 0.15) is 16.7 Å². The first-order valence-corrected chi connectivity index (χ1v) is 4.34. The fraction of sp³-hybridized carbons (Fsp3) is 0.222. The van der Waals surface area contributed by atoms with Crippen LogP contribution in [0.4, 0.5) is 0 Å². The van der Waals surface area contributed by atoms with E-state index in [1.807, 2.05) is 13.0 Å². The van der Waals surface area contributed by atoms with Gasteiger partial charge in [-0.25, -0.2) is 0 Å². The van der Waals surface area contributed by atoms with Gasteiger partial charge in [0.25, 0.3) is 0 Å². The van der Waals surface area contributed by atoms with Gasteiger partial charge in [0, 0.05) is 11.1 Å². The summed E-state index contributed by atoms with van der Waals surface area (Å²) in [5, 5.41) is 13.0. The van der Waals surface area contributed by atoms with Crippen LogP contribution in [0.2, 0.25) is 0 Å². The average Bonchev–Trinajstić information content (AvgIpc) is 2.11. The van der Waals surface area contributed by atoms with Crippen molar-refractivity contribution in [1.29, 1.82) is 0 Å². The van der Waals surface area contributed by atoms with Gasteiger partial charge in [-0.1, -0.05) is 6.07 Å². The monoisotopic (exact) mass is 198 g/mol. The number of hydrazone groups is 1. The molecule has 1 rings (SSSR count). The number of nitrogens with two attached hydrogens (primary N) is 1. The molecule has 0 heterocycles. The molecule has 3 N–H and O–H groups in total. The summed E-state index contributed by atoms with van der Waals surface area (Å²) in [4.78, 5) is 0. The first-order chi connectivity index (χ1) is 6.19. The Morgan fingerprint density at radius 3 is 2.85 bits per heavy atom. The standard InChI is InChI=1S/C9H11ClN2O/c1-6-2-7(4-10)9(13)8(3-6)5-12-11/h2-3,5,13H,4,11H2,1H3. The molecule has 0 atom stereocenters. The molecule has 0 unspecified atom stereocenters. The lowest BCUT2D eigenvalue weighted by Gasteiger charge is -2.05. The Labute approximate surface area is 81.8 Å². The third kappa shape index (κ3) is 2.12. The van der Waals surface area contributed by atoms with Crippen molar-refractivity contribution in [2.24, 2.45) is 10.9 Å². The Balaban J connectivity index is 3.26. The Bertz CT molecular complexity index is 337. The van der Waals surface area contributed by atoms with Crippen molar-refractivity contribution in [3.63, 3.8) is 0 Å². The van der Waals surface area contributed by atoms with E-state index >= 15 is 0 Å². The summed E-state index contributed by atoms with van der Waals surface area (Å²) >= 11 is 5.64. The van der Waals surface area contributed by atoms with Gasteiger partial charge in [-0.15, -0.1) is 11.6 Å². The molecule has 1 aromatic rings. The molecule has 4 heteroatoms. The van der Waals surface area contributed by atoms with Gasteiger partial charge in [0.2, 0.25) is 0 Å². The van der Waals surface area contributed by atoms with Crippen LogP contribution in [0, 0.1) is 6.92 Å². The summed E-state index contributed by atoms with van der Waals surface area (Å²) in [5.74, 6) is 5.42. The molecule has 3 nitrogen and oxygen atoms in total. The summed E-state index contributed by atoms with van der Waals surface area (Å²) in [6.45, 7) is 1.92. The highest BCUT2D eigenvalue weighted by Crippen LogP contribution is 2.24. The minimum Gasteiger partial charge on any atom is -0.507 e. The zero-order chi connectivity index (χ0) is 9.84. The van der Waals surface area contributed by atoms with Crippen molar-refractivity contribution in [1.82, 2.24) is 0 Å². The number of nitrogens with zero attached hydrogens (tertiary/aromatic N) is 1. The van der Waals surface area contributed by atoms with E-state index in [9.17, 15) is 5.11 Å². The van der Waals surface area contributed by atoms with Crippen LogP contribution >= 0.6 is 11.6 Å². The van der Waals surface area contributed by atoms with Crippen molar-refractivity contribution in [3.8, 4) is 5.75 Å². The highest BCUT2D eigenvalue weighted by molar-refractivity contribution is 6.17. The van der Waals surface area contributed by atoms with E-state index in [2.05, 4.69) is 5.10 Å². The summed E-state index contributed by atoms with van der Waals surface area (Å²) < 4.78 is 0. The van der Waals surface area contributed by atoms with Gasteiger partial charge in [-0.3, -0.25) is 0 Å². The highest BCUT2D eigenvalue weighted by Gasteiger charge is 2.05. The predicted octanol–water partition coefficient (Wildman–Crippen LogP) is 1.73. The number of rotatable bonds is 2. The number of benzene rings is 1. The molecule has 0 aliphatic carbocycles. The molecule has 0 amide bonds. The van der Waals surface area contributed by atoms with E-state index < -0.39 is 0 Å². The third-order valence-corrected chi connectivity index (χ3v) is 2.01. The van der Waals surface area contributed by atoms with E-state index in [1.54, 1.807) is 6.07 Å². The van der Waals surface area contributed by atoms with E-state index in [4.69, 9.17) is 17.4 Å². The van der Waals surface area contributed by atoms with Gasteiger partial charge in [-0.05, 0) is 18.6 Å². The Morgan fingerprint density at radius 1 is 1.62 bits per heavy atom. The second-order valence-corrected chi connectivity index (χ2v) is 3.04. The normalized spacial score (nSPS) is 10.9. The maximum Gasteiger partial charge on any atom is 0.128 e. The maximum absolute atomic E-state index is 9.61. The fourth-order valence-electron chi connectivity index (χ4n) is 1.16. The van der Waals surface area contributed by atoms with E-state index in [1.165, 1.54) is 6.21 Å². The van der Waals surface area contributed by atoms with Crippen LogP contribution < -0.4 is 5.84 Å². The number of halogens is 1. The van der Waals surface area contributed by atoms with Gasteiger partial charge in [0.15, 0.2) is 0 Å². The first kappa shape index (κ1) is 9.86. The lowest BCUT2D eigenvalue weighted by Crippen LogP contribution is -1.92. The second-order valence-electron chi connectivity index (χ2n) is 2.77. The summed E-state index contributed by atoms with van der Waals surface area (Å²) in [6, 6.07) is 3.62. The van der Waals surface area contributed by atoms with Gasteiger partial charge in [0.05, 0.1) is 12.1 Å². The van der Waals surface area contributed by atoms with Crippen molar-refractivity contribution in [2.45, 2.75) is 12.8 Å². The van der Waals surface area contributed by atoms with Crippen molar-refractivity contribution < 1.29 is 5.11 Å². The molecule has 0 aliphatic rings. The van der Waals surface area contributed by atoms with Crippen molar-refractivity contribution >= 4 is 17.8 Å². The lowest BCUT2D eigenvalue weighted by atomic mass is 10.1. The third-order valence-electron chi connectivity index (χ3n) is 1.72. The number of hydrogen-bond donors (Lipinski definition) is 2. The molecule has 0 spiro atoms. The molecule has 0 saturated heterocycles. The lowest BCUT2D eigenvalue weighted by molar-refractivity contribution is 0.469. The number of hydrogen-bond acceptors (Lipinski definition) is 3. The smallest absolute Gasteiger partial charge is 0.128 e. The van der Waals surface area contributed by atoms with Gasteiger partial charge >= 0.3 is 0 Å². The average molecular weight is 199 g/mol. The first-order valence-electron chi connectivity index (χ1n) is 3.80. The number of phenols is 1. The van der Waals surface area contributed by atoms with Crippen LogP contribution in [-0.2, 0) is 5.88 Å². The maximum atomic E-state index is 9.61. The minimum absolute atomic E-state index is 0.148. The topological polar surface area (TPSA) is 58.6 Å². The highest BCUT2D eigenvalue weighted by atomic mass is 35.5. The van der Waals surface area contributed by atoms with Gasteiger partial charge in [0.1, 0.15) is 5.75 Å². The molecule has 0 radical (unpaired) electrons. The zero-order valence-electron chi connectivity index (χ0n) is 7.29. The molecule has 0 saturated carbocycles. The van der Waals surface area contributed by atoms with E-state index in [-0.39, 0.29) is 11.6 Å². The number of phenolic OH excluding ortho intramolecular Hbond substituents is 1. The van der Waals surface area contributed by atoms with Crippen molar-refractivity contribution in [2.75, 3.05) is 0 Å². The van der Waals surface area contributed by atoms with Crippen LogP contribution in [0.3, 0.4) is 0 Å². The van der Waals surface area contributed by atoms with E-state index in [0.29, 0.717) is 11.1 Å². The van der Waals surface area contributed by atoms with Crippen LogP contribution in [0.25, 0.3) is 0 Å². The van der Waals surface area contributed by atoms with Crippen LogP contribution in [-0.4, -0.2) is 11.3 Å². The predicted molar refractivity (Wildman–Crippen MR) is 54.2 cm³/mol. The molecule has 1 aromatic carbocycles. The number of alkyl halides is 1. The molecule has 0 aliphatic heterocycles. The summed E-state index contributed by atoms with van der Waals surface area (Å²) in [5.41, 5.74) is 2.30. The molecule has 13 heavy (non-hydrogen) atoms. The minimum atomic E-state index is 0.148. The summed E-state index contributed by atoms with van der Waals surface area (Å²) in [6.07, 6.45) is 1.40. The Kier molecular flexibility index (Phi) is 3.14. The molecule has 0 fully saturated rings. The van der Waals surface area contributed by atoms with E-state index in [0.717, 1.165) is 5.56 Å². The Hall–Kier alpha value is -1.22. The molecular weight excluding hydrogens is 188 g/mol. The zero-order valence-corrected chi connectivity index (χ0v) is 8.04. The molecule has 0 aromatic heterocycles. The fourth-order valence-corrected chi connectivity index (χ4v) is 1.37. The SMILES string of the molecule is Cc1cc(C=NN)c(O)c(CCl)c1. The molecule has 70 valence electrons. The second kappa shape index (κ2) is 4.14. The largest absolute Gasteiger partial charge is 0.507 e.